The molecule has 0 heterocycles. The number of benzene rings is 1. The Morgan fingerprint density at radius 1 is 1.20 bits per heavy atom. The number of nitrogens with one attached hydrogen (secondary N) is 2. The van der Waals surface area contributed by atoms with Crippen molar-refractivity contribution in [1.29, 1.82) is 0 Å². The van der Waals surface area contributed by atoms with Crippen LogP contribution in [-0.4, -0.2) is 11.9 Å². The topological polar surface area (TPSA) is 41.1 Å². The molecule has 1 amide bonds. The standard InChI is InChI=1S/C17H24N2O/c1-17(2)9-8-15(11-17)18-13-4-3-5-14(10-13)19-16(20)12-6-7-12/h3-5,10,12,15,18H,6-9,11H2,1-2H3,(H,19,20). The predicted octanol–water partition coefficient (Wildman–Crippen LogP) is 4.03. The Hall–Kier alpha value is -1.51. The van der Waals surface area contributed by atoms with E-state index in [-0.39, 0.29) is 11.8 Å². The van der Waals surface area contributed by atoms with E-state index in [1.807, 2.05) is 18.2 Å². The third-order valence-electron chi connectivity index (χ3n) is 4.42. The zero-order valence-electron chi connectivity index (χ0n) is 12.4. The fraction of sp³-hybridized carbons (Fsp3) is 0.588. The van der Waals surface area contributed by atoms with E-state index in [4.69, 9.17) is 0 Å². The molecule has 108 valence electrons. The van der Waals surface area contributed by atoms with Crippen LogP contribution in [0.1, 0.15) is 46.0 Å². The van der Waals surface area contributed by atoms with E-state index in [0.717, 1.165) is 24.2 Å². The van der Waals surface area contributed by atoms with Gasteiger partial charge in [0.2, 0.25) is 5.91 Å². The highest BCUT2D eigenvalue weighted by Crippen LogP contribution is 2.38. The van der Waals surface area contributed by atoms with Crippen LogP contribution in [0.3, 0.4) is 0 Å². The highest BCUT2D eigenvalue weighted by molar-refractivity contribution is 5.94. The lowest BCUT2D eigenvalue weighted by atomic mass is 9.92. The third-order valence-corrected chi connectivity index (χ3v) is 4.42. The molecule has 1 unspecified atom stereocenters. The zero-order chi connectivity index (χ0) is 14.2. The molecular weight excluding hydrogens is 248 g/mol. The van der Waals surface area contributed by atoms with Crippen molar-refractivity contribution in [2.75, 3.05) is 10.6 Å². The molecule has 2 saturated carbocycles. The molecule has 1 aromatic rings. The summed E-state index contributed by atoms with van der Waals surface area (Å²) < 4.78 is 0. The largest absolute Gasteiger partial charge is 0.382 e. The molecule has 1 atom stereocenters. The van der Waals surface area contributed by atoms with Crippen LogP contribution < -0.4 is 10.6 Å². The zero-order valence-corrected chi connectivity index (χ0v) is 12.4. The quantitative estimate of drug-likeness (QED) is 0.869. The average Bonchev–Trinajstić information content (AvgIpc) is 3.16. The normalized spacial score (nSPS) is 24.4. The van der Waals surface area contributed by atoms with Crippen molar-refractivity contribution in [3.63, 3.8) is 0 Å². The number of hydrogen-bond donors (Lipinski definition) is 2. The molecule has 0 aromatic heterocycles. The van der Waals surface area contributed by atoms with Gasteiger partial charge in [0, 0.05) is 23.3 Å². The van der Waals surface area contributed by atoms with Crippen molar-refractivity contribution in [2.45, 2.75) is 52.0 Å². The van der Waals surface area contributed by atoms with Gasteiger partial charge in [0.25, 0.3) is 0 Å². The number of hydrogen-bond acceptors (Lipinski definition) is 2. The van der Waals surface area contributed by atoms with E-state index in [1.165, 1.54) is 19.3 Å². The van der Waals surface area contributed by atoms with E-state index in [1.54, 1.807) is 0 Å². The van der Waals surface area contributed by atoms with Crippen LogP contribution in [0.4, 0.5) is 11.4 Å². The van der Waals surface area contributed by atoms with Crippen molar-refractivity contribution in [2.24, 2.45) is 11.3 Å². The molecule has 1 aromatic carbocycles. The Bertz CT molecular complexity index is 505. The molecule has 2 aliphatic carbocycles. The molecule has 0 aliphatic heterocycles. The highest BCUT2D eigenvalue weighted by Gasteiger charge is 2.31. The van der Waals surface area contributed by atoms with Crippen molar-refractivity contribution in [1.82, 2.24) is 0 Å². The summed E-state index contributed by atoms with van der Waals surface area (Å²) in [5, 5.41) is 6.61. The first-order valence-electron chi connectivity index (χ1n) is 7.69. The minimum Gasteiger partial charge on any atom is -0.382 e. The summed E-state index contributed by atoms with van der Waals surface area (Å²) in [4.78, 5) is 11.8. The van der Waals surface area contributed by atoms with Gasteiger partial charge in [-0.3, -0.25) is 4.79 Å². The lowest BCUT2D eigenvalue weighted by Gasteiger charge is -2.19. The number of carbonyl (C=O) groups is 1. The Morgan fingerprint density at radius 2 is 1.95 bits per heavy atom. The van der Waals surface area contributed by atoms with Gasteiger partial charge < -0.3 is 10.6 Å². The molecule has 0 spiro atoms. The summed E-state index contributed by atoms with van der Waals surface area (Å²) >= 11 is 0. The summed E-state index contributed by atoms with van der Waals surface area (Å²) in [6.07, 6.45) is 5.81. The molecule has 20 heavy (non-hydrogen) atoms. The predicted molar refractivity (Wildman–Crippen MR) is 82.8 cm³/mol. The second-order valence-electron chi connectivity index (χ2n) is 7.09. The average molecular weight is 272 g/mol. The van der Waals surface area contributed by atoms with Crippen molar-refractivity contribution in [3.8, 4) is 0 Å². The number of carbonyl (C=O) groups excluding carboxylic acids is 1. The Balaban J connectivity index is 1.61. The highest BCUT2D eigenvalue weighted by atomic mass is 16.2. The molecule has 0 bridgehead atoms. The van der Waals surface area contributed by atoms with E-state index in [0.29, 0.717) is 11.5 Å². The second-order valence-corrected chi connectivity index (χ2v) is 7.09. The van der Waals surface area contributed by atoms with Crippen LogP contribution in [0.15, 0.2) is 24.3 Å². The van der Waals surface area contributed by atoms with Crippen molar-refractivity contribution < 1.29 is 4.79 Å². The van der Waals surface area contributed by atoms with Crippen LogP contribution in [0.2, 0.25) is 0 Å². The van der Waals surface area contributed by atoms with Gasteiger partial charge in [-0.1, -0.05) is 19.9 Å². The molecule has 2 N–H and O–H groups in total. The van der Waals surface area contributed by atoms with Crippen LogP contribution >= 0.6 is 0 Å². The SMILES string of the molecule is CC1(C)CCC(Nc2cccc(NC(=O)C3CC3)c2)C1. The fourth-order valence-corrected chi connectivity index (χ4v) is 3.07. The molecule has 0 radical (unpaired) electrons. The summed E-state index contributed by atoms with van der Waals surface area (Å²) in [5.74, 6) is 0.423. The van der Waals surface area contributed by atoms with Gasteiger partial charge in [-0.05, 0) is 55.7 Å². The van der Waals surface area contributed by atoms with Gasteiger partial charge in [-0.15, -0.1) is 0 Å². The smallest absolute Gasteiger partial charge is 0.227 e. The van der Waals surface area contributed by atoms with E-state index in [2.05, 4.69) is 30.5 Å². The van der Waals surface area contributed by atoms with Crippen molar-refractivity contribution >= 4 is 17.3 Å². The third kappa shape index (κ3) is 3.33. The summed E-state index contributed by atoms with van der Waals surface area (Å²) in [5.41, 5.74) is 2.47. The second kappa shape index (κ2) is 5.12. The minimum atomic E-state index is 0.171. The first-order chi connectivity index (χ1) is 9.52. The summed E-state index contributed by atoms with van der Waals surface area (Å²) in [6.45, 7) is 4.67. The van der Waals surface area contributed by atoms with Gasteiger partial charge in [0.15, 0.2) is 0 Å². The lowest BCUT2D eigenvalue weighted by Crippen LogP contribution is -2.18. The number of rotatable bonds is 4. The Morgan fingerprint density at radius 3 is 2.60 bits per heavy atom. The molecule has 3 nitrogen and oxygen atoms in total. The van der Waals surface area contributed by atoms with Gasteiger partial charge >= 0.3 is 0 Å². The Labute approximate surface area is 121 Å². The van der Waals surface area contributed by atoms with Crippen molar-refractivity contribution in [3.05, 3.63) is 24.3 Å². The Kier molecular flexibility index (Phi) is 3.45. The maximum Gasteiger partial charge on any atom is 0.227 e. The molecule has 0 saturated heterocycles. The summed E-state index contributed by atoms with van der Waals surface area (Å²) in [6, 6.07) is 8.65. The van der Waals surface area contributed by atoms with E-state index >= 15 is 0 Å². The first-order valence-corrected chi connectivity index (χ1v) is 7.69. The molecule has 2 fully saturated rings. The first kappa shape index (κ1) is 13.5. The maximum atomic E-state index is 11.8. The molecule has 3 heteroatoms. The minimum absolute atomic E-state index is 0.171. The van der Waals surface area contributed by atoms with Gasteiger partial charge in [0.1, 0.15) is 0 Å². The van der Waals surface area contributed by atoms with Gasteiger partial charge in [-0.2, -0.15) is 0 Å². The lowest BCUT2D eigenvalue weighted by molar-refractivity contribution is -0.117. The van der Waals surface area contributed by atoms with E-state index < -0.39 is 0 Å². The van der Waals surface area contributed by atoms with Crippen LogP contribution in [0.5, 0.6) is 0 Å². The molecule has 2 aliphatic rings. The van der Waals surface area contributed by atoms with Crippen LogP contribution in [-0.2, 0) is 4.79 Å². The number of anilines is 2. The monoisotopic (exact) mass is 272 g/mol. The molecular formula is C17H24N2O. The van der Waals surface area contributed by atoms with Gasteiger partial charge in [0.05, 0.1) is 0 Å². The van der Waals surface area contributed by atoms with Crippen LogP contribution in [0, 0.1) is 11.3 Å². The number of amides is 1. The van der Waals surface area contributed by atoms with E-state index in [9.17, 15) is 4.79 Å². The van der Waals surface area contributed by atoms with Crippen LogP contribution in [0.25, 0.3) is 0 Å². The fourth-order valence-electron chi connectivity index (χ4n) is 3.07. The molecule has 3 rings (SSSR count). The van der Waals surface area contributed by atoms with Gasteiger partial charge in [-0.25, -0.2) is 0 Å². The maximum absolute atomic E-state index is 11.8. The summed E-state index contributed by atoms with van der Waals surface area (Å²) in [7, 11) is 0.